The summed E-state index contributed by atoms with van der Waals surface area (Å²) in [5.41, 5.74) is 3.50. The van der Waals surface area contributed by atoms with Crippen LogP contribution in [0.4, 0.5) is 5.95 Å². The Hall–Kier alpha value is -1.57. The number of aromatic nitrogens is 3. The van der Waals surface area contributed by atoms with E-state index in [0.717, 1.165) is 5.56 Å². The fourth-order valence-electron chi connectivity index (χ4n) is 1.29. The van der Waals surface area contributed by atoms with Crippen LogP contribution in [-0.2, 0) is 5.75 Å². The number of hydrogen-bond donors (Lipinski definition) is 2. The zero-order chi connectivity index (χ0) is 13.7. The van der Waals surface area contributed by atoms with Gasteiger partial charge in [-0.05, 0) is 17.7 Å². The minimum Gasteiger partial charge on any atom is -0.467 e. The van der Waals surface area contributed by atoms with E-state index in [4.69, 9.17) is 22.2 Å². The first-order valence-electron chi connectivity index (χ1n) is 5.35. The number of nitrogen functional groups attached to an aromatic ring is 1. The second kappa shape index (κ2) is 6.55. The zero-order valence-electron chi connectivity index (χ0n) is 10.1. The lowest BCUT2D eigenvalue weighted by atomic mass is 10.2. The SMILES string of the molecule is COc1nc(NN)nc(SCc2ccc(Cl)cc2)n1. The van der Waals surface area contributed by atoms with Gasteiger partial charge in [-0.25, -0.2) is 5.84 Å². The number of benzene rings is 1. The summed E-state index contributed by atoms with van der Waals surface area (Å²) in [5, 5.41) is 1.25. The molecular weight excluding hydrogens is 286 g/mol. The molecule has 1 aromatic heterocycles. The van der Waals surface area contributed by atoms with Crippen LogP contribution in [0.3, 0.4) is 0 Å². The number of nitrogens with two attached hydrogens (primary N) is 1. The first-order valence-corrected chi connectivity index (χ1v) is 6.71. The Labute approximate surface area is 119 Å². The monoisotopic (exact) mass is 297 g/mol. The summed E-state index contributed by atoms with van der Waals surface area (Å²) in [5.74, 6) is 6.27. The number of rotatable bonds is 5. The lowest BCUT2D eigenvalue weighted by Crippen LogP contribution is -2.12. The van der Waals surface area contributed by atoms with Gasteiger partial charge in [-0.2, -0.15) is 15.0 Å². The molecule has 0 saturated carbocycles. The molecule has 0 aliphatic carbocycles. The van der Waals surface area contributed by atoms with E-state index in [-0.39, 0.29) is 12.0 Å². The molecule has 2 rings (SSSR count). The molecule has 0 radical (unpaired) electrons. The van der Waals surface area contributed by atoms with Crippen molar-refractivity contribution in [2.75, 3.05) is 12.5 Å². The highest BCUT2D eigenvalue weighted by Crippen LogP contribution is 2.22. The zero-order valence-corrected chi connectivity index (χ0v) is 11.7. The van der Waals surface area contributed by atoms with Crippen LogP contribution in [-0.4, -0.2) is 22.1 Å². The molecule has 100 valence electrons. The van der Waals surface area contributed by atoms with Gasteiger partial charge < -0.3 is 4.74 Å². The molecule has 2 aromatic rings. The molecule has 0 aliphatic heterocycles. The van der Waals surface area contributed by atoms with E-state index in [1.54, 1.807) is 0 Å². The van der Waals surface area contributed by atoms with Gasteiger partial charge in [-0.1, -0.05) is 35.5 Å². The van der Waals surface area contributed by atoms with Gasteiger partial charge in [0, 0.05) is 10.8 Å². The number of methoxy groups -OCH3 is 1. The molecule has 8 heteroatoms. The van der Waals surface area contributed by atoms with Crippen molar-refractivity contribution in [2.24, 2.45) is 5.84 Å². The molecule has 19 heavy (non-hydrogen) atoms. The van der Waals surface area contributed by atoms with Gasteiger partial charge >= 0.3 is 6.01 Å². The van der Waals surface area contributed by atoms with Crippen molar-refractivity contribution in [3.05, 3.63) is 34.9 Å². The van der Waals surface area contributed by atoms with Gasteiger partial charge in [0.05, 0.1) is 7.11 Å². The molecule has 0 fully saturated rings. The van der Waals surface area contributed by atoms with Gasteiger partial charge in [0.2, 0.25) is 5.95 Å². The van der Waals surface area contributed by atoms with E-state index < -0.39 is 0 Å². The van der Waals surface area contributed by atoms with Crippen LogP contribution in [0, 0.1) is 0 Å². The Kier molecular flexibility index (Phi) is 4.78. The van der Waals surface area contributed by atoms with Gasteiger partial charge in [0.25, 0.3) is 0 Å². The van der Waals surface area contributed by atoms with Gasteiger partial charge in [0.15, 0.2) is 5.16 Å². The molecule has 0 bridgehead atoms. The van der Waals surface area contributed by atoms with Crippen LogP contribution in [0.5, 0.6) is 6.01 Å². The van der Waals surface area contributed by atoms with Crippen LogP contribution in [0.2, 0.25) is 5.02 Å². The van der Waals surface area contributed by atoms with E-state index in [0.29, 0.717) is 15.9 Å². The van der Waals surface area contributed by atoms with Gasteiger partial charge in [-0.15, -0.1) is 0 Å². The minimum atomic E-state index is 0.224. The van der Waals surface area contributed by atoms with Crippen molar-refractivity contribution in [1.82, 2.24) is 15.0 Å². The Bertz CT molecular complexity index is 529. The fraction of sp³-hybridized carbons (Fsp3) is 0.182. The van der Waals surface area contributed by atoms with Crippen LogP contribution >= 0.6 is 23.4 Å². The first-order chi connectivity index (χ1) is 9.21. The topological polar surface area (TPSA) is 86.0 Å². The predicted octanol–water partition coefficient (Wildman–Crippen LogP) is 2.11. The average Bonchev–Trinajstić information content (AvgIpc) is 2.46. The summed E-state index contributed by atoms with van der Waals surface area (Å²) in [6.45, 7) is 0. The normalized spacial score (nSPS) is 10.3. The maximum absolute atomic E-state index is 5.83. The first kappa shape index (κ1) is 13.9. The maximum atomic E-state index is 5.83. The quantitative estimate of drug-likeness (QED) is 0.496. The van der Waals surface area contributed by atoms with Gasteiger partial charge in [0.1, 0.15) is 0 Å². The third kappa shape index (κ3) is 3.95. The van der Waals surface area contributed by atoms with Crippen LogP contribution in [0.25, 0.3) is 0 Å². The smallest absolute Gasteiger partial charge is 0.321 e. The second-order valence-corrected chi connectivity index (χ2v) is 4.87. The summed E-state index contributed by atoms with van der Waals surface area (Å²) in [7, 11) is 1.49. The standard InChI is InChI=1S/C11H12ClN5OS/c1-18-10-14-9(17-13)15-11(16-10)19-6-7-2-4-8(12)5-3-7/h2-5H,6,13H2,1H3,(H,14,15,16,17). The number of anilines is 1. The molecular formula is C11H12ClN5OS. The molecule has 1 aromatic carbocycles. The Morgan fingerprint density at radius 1 is 1.26 bits per heavy atom. The van der Waals surface area contributed by atoms with Crippen molar-refractivity contribution >= 4 is 29.3 Å². The summed E-state index contributed by atoms with van der Waals surface area (Å²) < 4.78 is 4.98. The van der Waals surface area contributed by atoms with E-state index in [2.05, 4.69) is 20.4 Å². The third-order valence-electron chi connectivity index (χ3n) is 2.19. The second-order valence-electron chi connectivity index (χ2n) is 3.49. The number of halogens is 1. The molecule has 0 saturated heterocycles. The van der Waals surface area contributed by atoms with Crippen LogP contribution < -0.4 is 16.0 Å². The molecule has 0 spiro atoms. The number of ether oxygens (including phenoxy) is 1. The number of nitrogens with one attached hydrogen (secondary N) is 1. The predicted molar refractivity (Wildman–Crippen MR) is 75.2 cm³/mol. The lowest BCUT2D eigenvalue weighted by Gasteiger charge is -2.05. The van der Waals surface area contributed by atoms with E-state index in [1.165, 1.54) is 18.9 Å². The van der Waals surface area contributed by atoms with Crippen molar-refractivity contribution in [1.29, 1.82) is 0 Å². The van der Waals surface area contributed by atoms with E-state index in [1.807, 2.05) is 24.3 Å². The number of nitrogens with zero attached hydrogens (tertiary/aromatic N) is 3. The highest BCUT2D eigenvalue weighted by atomic mass is 35.5. The number of thioether (sulfide) groups is 1. The third-order valence-corrected chi connectivity index (χ3v) is 3.36. The maximum Gasteiger partial charge on any atom is 0.321 e. The van der Waals surface area contributed by atoms with Crippen molar-refractivity contribution in [3.8, 4) is 6.01 Å². The van der Waals surface area contributed by atoms with Crippen LogP contribution in [0.1, 0.15) is 5.56 Å². The molecule has 0 aliphatic rings. The fourth-order valence-corrected chi connectivity index (χ4v) is 2.19. The molecule has 6 nitrogen and oxygen atoms in total. The summed E-state index contributed by atoms with van der Waals surface area (Å²) in [4.78, 5) is 12.2. The Morgan fingerprint density at radius 2 is 2.00 bits per heavy atom. The number of hydrazine groups is 1. The highest BCUT2D eigenvalue weighted by Gasteiger charge is 2.06. The highest BCUT2D eigenvalue weighted by molar-refractivity contribution is 7.98. The minimum absolute atomic E-state index is 0.224. The number of hydrogen-bond acceptors (Lipinski definition) is 7. The van der Waals surface area contributed by atoms with E-state index in [9.17, 15) is 0 Å². The Morgan fingerprint density at radius 3 is 2.63 bits per heavy atom. The van der Waals surface area contributed by atoms with Crippen molar-refractivity contribution in [3.63, 3.8) is 0 Å². The lowest BCUT2D eigenvalue weighted by molar-refractivity contribution is 0.373. The van der Waals surface area contributed by atoms with Gasteiger partial charge in [-0.3, -0.25) is 5.43 Å². The van der Waals surface area contributed by atoms with Crippen molar-refractivity contribution < 1.29 is 4.74 Å². The summed E-state index contributed by atoms with van der Waals surface area (Å²) in [6, 6.07) is 7.82. The summed E-state index contributed by atoms with van der Waals surface area (Å²) in [6.07, 6.45) is 0. The largest absolute Gasteiger partial charge is 0.467 e. The molecule has 1 heterocycles. The molecule has 0 atom stereocenters. The van der Waals surface area contributed by atoms with Crippen molar-refractivity contribution in [2.45, 2.75) is 10.9 Å². The average molecular weight is 298 g/mol. The molecule has 0 unspecified atom stereocenters. The van der Waals surface area contributed by atoms with E-state index >= 15 is 0 Å². The Balaban J connectivity index is 2.08. The molecule has 3 N–H and O–H groups in total. The molecule has 0 amide bonds. The summed E-state index contributed by atoms with van der Waals surface area (Å²) >= 11 is 7.29. The van der Waals surface area contributed by atoms with Crippen LogP contribution in [0.15, 0.2) is 29.4 Å².